The predicted molar refractivity (Wildman–Crippen MR) is 147 cm³/mol. The van der Waals surface area contributed by atoms with Crippen molar-refractivity contribution in [3.63, 3.8) is 0 Å². The second kappa shape index (κ2) is 12.5. The molecule has 0 fully saturated rings. The maximum atomic E-state index is 13.4. The summed E-state index contributed by atoms with van der Waals surface area (Å²) in [5.74, 6) is -0.117. The Morgan fingerprint density at radius 1 is 1.24 bits per heavy atom. The number of aryl methyl sites for hydroxylation is 1. The largest absolute Gasteiger partial charge is 0.481 e. The molecule has 0 bridgehead atoms. The highest BCUT2D eigenvalue weighted by Crippen LogP contribution is 2.39. The summed E-state index contributed by atoms with van der Waals surface area (Å²) in [7, 11) is 0. The number of nitrogens with one attached hydrogen (secondary N) is 1. The molecule has 12 heteroatoms. The summed E-state index contributed by atoms with van der Waals surface area (Å²) in [4.78, 5) is 26.9. The molecule has 8 nitrogen and oxygen atoms in total. The van der Waals surface area contributed by atoms with Crippen LogP contribution in [0.1, 0.15) is 73.3 Å². The van der Waals surface area contributed by atoms with E-state index in [1.54, 1.807) is 6.92 Å². The van der Waals surface area contributed by atoms with Crippen LogP contribution in [0.25, 0.3) is 0 Å². The fraction of sp³-hybridized carbons (Fsp3) is 0.462. The van der Waals surface area contributed by atoms with Crippen molar-refractivity contribution in [1.82, 2.24) is 14.8 Å². The molecule has 1 amide bonds. The number of carbonyl (C=O) groups excluding carboxylic acids is 2. The number of fused-ring (bicyclic) bond motifs is 1. The Bertz CT molecular complexity index is 1330. The molecule has 38 heavy (non-hydrogen) atoms. The van der Waals surface area contributed by atoms with Crippen LogP contribution in [-0.4, -0.2) is 38.5 Å². The first kappa shape index (κ1) is 28.4. The number of hydrogen-bond donors (Lipinski definition) is 1. The summed E-state index contributed by atoms with van der Waals surface area (Å²) >= 11 is 8.80. The molecule has 204 valence electrons. The van der Waals surface area contributed by atoms with Gasteiger partial charge in [-0.15, -0.1) is 21.5 Å². The Morgan fingerprint density at radius 2 is 2.00 bits per heavy atom. The van der Waals surface area contributed by atoms with Crippen LogP contribution in [0.4, 0.5) is 9.39 Å². The van der Waals surface area contributed by atoms with E-state index in [9.17, 15) is 14.0 Å². The van der Waals surface area contributed by atoms with Crippen LogP contribution in [-0.2, 0) is 28.9 Å². The van der Waals surface area contributed by atoms with Crippen molar-refractivity contribution in [2.75, 3.05) is 11.1 Å². The normalized spacial score (nSPS) is 13.8. The number of hydrogen-bond acceptors (Lipinski definition) is 8. The number of nitrogens with zero attached hydrogens (tertiary/aromatic N) is 3. The van der Waals surface area contributed by atoms with Gasteiger partial charge in [0.25, 0.3) is 0 Å². The molecule has 0 saturated heterocycles. The summed E-state index contributed by atoms with van der Waals surface area (Å²) in [5.41, 5.74) is 1.49. The van der Waals surface area contributed by atoms with E-state index >= 15 is 0 Å². The minimum absolute atomic E-state index is 0.0817. The van der Waals surface area contributed by atoms with Gasteiger partial charge >= 0.3 is 5.97 Å². The number of carbonyl (C=O) groups is 2. The molecule has 3 aromatic rings. The van der Waals surface area contributed by atoms with E-state index in [0.29, 0.717) is 33.8 Å². The Balaban J connectivity index is 1.44. The van der Waals surface area contributed by atoms with E-state index < -0.39 is 17.9 Å². The predicted octanol–water partition coefficient (Wildman–Crippen LogP) is 6.47. The van der Waals surface area contributed by atoms with Crippen molar-refractivity contribution in [2.24, 2.45) is 0 Å². The quantitative estimate of drug-likeness (QED) is 0.217. The average molecular weight is 581 g/mol. The number of rotatable bonds is 10. The fourth-order valence-electron chi connectivity index (χ4n) is 4.25. The highest BCUT2D eigenvalue weighted by Gasteiger charge is 2.28. The molecule has 1 unspecified atom stereocenters. The van der Waals surface area contributed by atoms with Crippen molar-refractivity contribution < 1.29 is 23.5 Å². The molecule has 1 aromatic carbocycles. The third-order valence-electron chi connectivity index (χ3n) is 5.93. The summed E-state index contributed by atoms with van der Waals surface area (Å²) in [5, 5.41) is 12.7. The first-order valence-corrected chi connectivity index (χ1v) is 14.7. The average Bonchev–Trinajstić information content (AvgIpc) is 3.44. The lowest BCUT2D eigenvalue weighted by atomic mass is 9.95. The topological polar surface area (TPSA) is 95.3 Å². The number of aromatic nitrogens is 3. The maximum Gasteiger partial charge on any atom is 0.341 e. The summed E-state index contributed by atoms with van der Waals surface area (Å²) in [6.07, 6.45) is 3.03. The van der Waals surface area contributed by atoms with Crippen LogP contribution in [0.15, 0.2) is 23.4 Å². The van der Waals surface area contributed by atoms with Gasteiger partial charge in [-0.1, -0.05) is 23.4 Å². The van der Waals surface area contributed by atoms with Gasteiger partial charge in [0, 0.05) is 11.4 Å². The van der Waals surface area contributed by atoms with Gasteiger partial charge in [-0.3, -0.25) is 4.79 Å². The molecule has 1 aliphatic carbocycles. The minimum atomic E-state index is -0.513. The van der Waals surface area contributed by atoms with E-state index in [1.165, 1.54) is 41.3 Å². The van der Waals surface area contributed by atoms with E-state index in [4.69, 9.17) is 21.1 Å². The second-order valence-corrected chi connectivity index (χ2v) is 11.6. The lowest BCUT2D eigenvalue weighted by Gasteiger charge is -2.16. The summed E-state index contributed by atoms with van der Waals surface area (Å²) in [6, 6.07) is 3.93. The number of thioether (sulfide) groups is 1. The molecular weight excluding hydrogens is 551 g/mol. The van der Waals surface area contributed by atoms with Crippen LogP contribution in [0.3, 0.4) is 0 Å². The Hall–Kier alpha value is -2.63. The highest BCUT2D eigenvalue weighted by atomic mass is 35.5. The Morgan fingerprint density at radius 3 is 2.71 bits per heavy atom. The molecule has 0 spiro atoms. The zero-order valence-corrected chi connectivity index (χ0v) is 24.1. The number of halogens is 2. The van der Waals surface area contributed by atoms with Gasteiger partial charge in [-0.05, 0) is 77.1 Å². The number of ether oxygens (including phenoxy) is 2. The van der Waals surface area contributed by atoms with E-state index in [-0.39, 0.29) is 22.8 Å². The lowest BCUT2D eigenvalue weighted by molar-refractivity contribution is -0.113. The van der Waals surface area contributed by atoms with Gasteiger partial charge in [-0.25, -0.2) is 9.18 Å². The van der Waals surface area contributed by atoms with Crippen LogP contribution in [0.5, 0.6) is 5.75 Å². The van der Waals surface area contributed by atoms with Gasteiger partial charge in [0.15, 0.2) is 17.1 Å². The second-order valence-electron chi connectivity index (χ2n) is 9.13. The van der Waals surface area contributed by atoms with E-state index in [2.05, 4.69) is 15.5 Å². The molecule has 0 aliphatic heterocycles. The monoisotopic (exact) mass is 580 g/mol. The third kappa shape index (κ3) is 6.50. The van der Waals surface area contributed by atoms with Crippen LogP contribution >= 0.6 is 34.7 Å². The maximum absolute atomic E-state index is 13.4. The zero-order chi connectivity index (χ0) is 27.4. The van der Waals surface area contributed by atoms with Gasteiger partial charge in [0.05, 0.1) is 22.4 Å². The van der Waals surface area contributed by atoms with E-state index in [0.717, 1.165) is 36.1 Å². The first-order chi connectivity index (χ1) is 18.2. The molecule has 1 N–H and O–H groups in total. The standard InChI is InChI=1S/C26H30ClFN4O4S2/c1-5-32-23(15(4)36-19-11-10-16(28)12-18(19)27)30-31-26(32)37-13-21(33)29-24-22(25(34)35-14(2)3)17-8-6-7-9-20(17)38-24/h10-12,14-15H,5-9,13H2,1-4H3,(H,29,33). The van der Waals surface area contributed by atoms with E-state index in [1.807, 2.05) is 25.3 Å². The van der Waals surface area contributed by atoms with Gasteiger partial charge < -0.3 is 19.4 Å². The summed E-state index contributed by atoms with van der Waals surface area (Å²) in [6.45, 7) is 7.92. The van der Waals surface area contributed by atoms with Crippen LogP contribution < -0.4 is 10.1 Å². The van der Waals surface area contributed by atoms with Gasteiger partial charge in [-0.2, -0.15) is 0 Å². The number of esters is 1. The SMILES string of the molecule is CCn1c(SCC(=O)Nc2sc3c(c2C(=O)OC(C)C)CCCC3)nnc1C(C)Oc1ccc(F)cc1Cl. The number of amides is 1. The van der Waals surface area contributed by atoms with Crippen molar-refractivity contribution in [3.8, 4) is 5.75 Å². The molecule has 1 aliphatic rings. The molecule has 4 rings (SSSR count). The fourth-order valence-corrected chi connectivity index (χ4v) is 6.57. The third-order valence-corrected chi connectivity index (χ3v) is 8.40. The summed E-state index contributed by atoms with van der Waals surface area (Å²) < 4.78 is 26.6. The van der Waals surface area contributed by atoms with Gasteiger partial charge in [0.1, 0.15) is 16.6 Å². The van der Waals surface area contributed by atoms with Crippen molar-refractivity contribution in [1.29, 1.82) is 0 Å². The molecule has 2 aromatic heterocycles. The molecule has 0 saturated carbocycles. The minimum Gasteiger partial charge on any atom is -0.481 e. The molecule has 2 heterocycles. The smallest absolute Gasteiger partial charge is 0.341 e. The van der Waals surface area contributed by atoms with Crippen molar-refractivity contribution >= 4 is 51.6 Å². The molecule has 0 radical (unpaired) electrons. The highest BCUT2D eigenvalue weighted by molar-refractivity contribution is 7.99. The van der Waals surface area contributed by atoms with Crippen LogP contribution in [0, 0.1) is 5.82 Å². The lowest BCUT2D eigenvalue weighted by Crippen LogP contribution is -2.19. The number of anilines is 1. The van der Waals surface area contributed by atoms with Gasteiger partial charge in [0.2, 0.25) is 5.91 Å². The Kier molecular flexibility index (Phi) is 9.32. The van der Waals surface area contributed by atoms with Crippen molar-refractivity contribution in [3.05, 3.63) is 50.9 Å². The number of thiophene rings is 1. The molecular formula is C26H30ClFN4O4S2. The first-order valence-electron chi connectivity index (χ1n) is 12.5. The van der Waals surface area contributed by atoms with Crippen LogP contribution in [0.2, 0.25) is 5.02 Å². The number of benzene rings is 1. The molecule has 1 atom stereocenters. The Labute approximate surface area is 234 Å². The zero-order valence-electron chi connectivity index (χ0n) is 21.7. The van der Waals surface area contributed by atoms with Crippen molar-refractivity contribution in [2.45, 2.75) is 77.3 Å².